The second kappa shape index (κ2) is 7.30. The van der Waals surface area contributed by atoms with Crippen molar-refractivity contribution in [2.75, 3.05) is 25.6 Å². The van der Waals surface area contributed by atoms with Crippen molar-refractivity contribution in [3.05, 3.63) is 29.3 Å². The Hall–Kier alpha value is -1.34. The van der Waals surface area contributed by atoms with Crippen LogP contribution >= 0.6 is 0 Å². The van der Waals surface area contributed by atoms with Crippen molar-refractivity contribution in [3.63, 3.8) is 0 Å². The molecule has 0 fully saturated rings. The zero-order valence-corrected chi connectivity index (χ0v) is 10.5. The highest BCUT2D eigenvalue weighted by Crippen LogP contribution is 2.25. The van der Waals surface area contributed by atoms with Crippen LogP contribution in [0.15, 0.2) is 6.07 Å². The molecule has 0 amide bonds. The Morgan fingerprint density at radius 2 is 1.79 bits per heavy atom. The maximum absolute atomic E-state index is 13.5. The lowest BCUT2D eigenvalue weighted by Crippen LogP contribution is -2.27. The molecule has 0 aliphatic carbocycles. The average Bonchev–Trinajstić information content (AvgIpc) is 2.38. The summed E-state index contributed by atoms with van der Waals surface area (Å²) in [5, 5.41) is 2.42. The molecule has 3 N–H and O–H groups in total. The predicted molar refractivity (Wildman–Crippen MR) is 63.8 cm³/mol. The predicted octanol–water partition coefficient (Wildman–Crippen LogP) is 2.41. The molecule has 0 saturated carbocycles. The van der Waals surface area contributed by atoms with E-state index in [0.29, 0.717) is 19.4 Å². The van der Waals surface area contributed by atoms with Crippen LogP contribution in [0.4, 0.5) is 23.2 Å². The summed E-state index contributed by atoms with van der Waals surface area (Å²) in [7, 11) is 1.41. The topological polar surface area (TPSA) is 47.3 Å². The highest BCUT2D eigenvalue weighted by molar-refractivity contribution is 5.48. The molecule has 1 unspecified atom stereocenters. The number of benzene rings is 1. The van der Waals surface area contributed by atoms with Crippen molar-refractivity contribution in [1.82, 2.24) is 0 Å². The van der Waals surface area contributed by atoms with Gasteiger partial charge in [0, 0.05) is 19.2 Å². The second-order valence-electron chi connectivity index (χ2n) is 4.07. The van der Waals surface area contributed by atoms with Crippen molar-refractivity contribution >= 4 is 5.69 Å². The van der Waals surface area contributed by atoms with Crippen LogP contribution in [0.2, 0.25) is 0 Å². The van der Waals surface area contributed by atoms with Crippen LogP contribution < -0.4 is 11.1 Å². The monoisotopic (exact) mass is 280 g/mol. The van der Waals surface area contributed by atoms with E-state index in [2.05, 4.69) is 5.32 Å². The maximum Gasteiger partial charge on any atom is 0.185 e. The fraction of sp³-hybridized carbons (Fsp3) is 0.500. The maximum atomic E-state index is 13.5. The second-order valence-corrected chi connectivity index (χ2v) is 4.07. The summed E-state index contributed by atoms with van der Waals surface area (Å²) in [5.41, 5.74) is 4.52. The van der Waals surface area contributed by atoms with Gasteiger partial charge in [-0.05, 0) is 19.4 Å². The van der Waals surface area contributed by atoms with E-state index < -0.39 is 35.0 Å². The van der Waals surface area contributed by atoms with Crippen LogP contribution in [-0.4, -0.2) is 26.3 Å². The van der Waals surface area contributed by atoms with E-state index >= 15 is 0 Å². The normalized spacial score (nSPS) is 12.5. The lowest BCUT2D eigenvalue weighted by Gasteiger charge is -2.20. The van der Waals surface area contributed by atoms with E-state index in [4.69, 9.17) is 10.5 Å². The summed E-state index contributed by atoms with van der Waals surface area (Å²) in [4.78, 5) is 0. The van der Waals surface area contributed by atoms with Crippen molar-refractivity contribution < 1.29 is 22.3 Å². The van der Waals surface area contributed by atoms with E-state index in [1.807, 2.05) is 0 Å². The van der Waals surface area contributed by atoms with E-state index in [0.717, 1.165) is 0 Å². The van der Waals surface area contributed by atoms with Gasteiger partial charge in [-0.1, -0.05) is 0 Å². The van der Waals surface area contributed by atoms with Crippen LogP contribution in [0.25, 0.3) is 0 Å². The molecule has 0 aliphatic rings. The van der Waals surface area contributed by atoms with E-state index in [1.165, 1.54) is 7.11 Å². The number of nitrogens with two attached hydrogens (primary N) is 1. The van der Waals surface area contributed by atoms with Crippen LogP contribution in [-0.2, 0) is 4.74 Å². The minimum atomic E-state index is -1.45. The number of rotatable bonds is 7. The molecule has 1 aromatic rings. The third-order valence-electron chi connectivity index (χ3n) is 2.58. The largest absolute Gasteiger partial charge is 0.383 e. The first-order valence-electron chi connectivity index (χ1n) is 5.79. The molecule has 0 bridgehead atoms. The average molecular weight is 280 g/mol. The van der Waals surface area contributed by atoms with Gasteiger partial charge in [0.15, 0.2) is 23.3 Å². The van der Waals surface area contributed by atoms with E-state index in [-0.39, 0.29) is 12.7 Å². The highest BCUT2D eigenvalue weighted by atomic mass is 19.2. The number of nitrogens with one attached hydrogen (secondary N) is 1. The third kappa shape index (κ3) is 4.07. The first kappa shape index (κ1) is 15.7. The summed E-state index contributed by atoms with van der Waals surface area (Å²) in [6, 6.07) is -0.320. The van der Waals surface area contributed by atoms with E-state index in [1.54, 1.807) is 0 Å². The minimum Gasteiger partial charge on any atom is -0.383 e. The van der Waals surface area contributed by atoms with E-state index in [9.17, 15) is 17.6 Å². The van der Waals surface area contributed by atoms with Gasteiger partial charge in [0.2, 0.25) is 0 Å². The zero-order chi connectivity index (χ0) is 14.4. The van der Waals surface area contributed by atoms with Gasteiger partial charge in [-0.15, -0.1) is 0 Å². The number of anilines is 1. The Bertz CT molecular complexity index is 402. The summed E-state index contributed by atoms with van der Waals surface area (Å²) in [5.74, 6) is -5.80. The Morgan fingerprint density at radius 3 is 2.26 bits per heavy atom. The first-order chi connectivity index (χ1) is 9.01. The summed E-state index contributed by atoms with van der Waals surface area (Å²) >= 11 is 0. The van der Waals surface area contributed by atoms with Crippen molar-refractivity contribution in [2.24, 2.45) is 5.73 Å². The van der Waals surface area contributed by atoms with Crippen LogP contribution in [0.1, 0.15) is 12.8 Å². The molecule has 7 heteroatoms. The van der Waals surface area contributed by atoms with Gasteiger partial charge in [-0.2, -0.15) is 0 Å². The van der Waals surface area contributed by atoms with Gasteiger partial charge in [0.1, 0.15) is 5.69 Å². The molecule has 0 radical (unpaired) electrons. The highest BCUT2D eigenvalue weighted by Gasteiger charge is 2.21. The summed E-state index contributed by atoms with van der Waals surface area (Å²) in [6.07, 6.45) is 1.05. The third-order valence-corrected chi connectivity index (χ3v) is 2.58. The minimum absolute atomic E-state index is 0.136. The van der Waals surface area contributed by atoms with Crippen molar-refractivity contribution in [2.45, 2.75) is 18.9 Å². The molecule has 1 aromatic carbocycles. The number of halogens is 4. The van der Waals surface area contributed by atoms with Crippen LogP contribution in [0.5, 0.6) is 0 Å². The lowest BCUT2D eigenvalue weighted by atomic mass is 10.1. The molecule has 0 heterocycles. The number of hydrogen-bond donors (Lipinski definition) is 2. The summed E-state index contributed by atoms with van der Waals surface area (Å²) < 4.78 is 57.9. The molecule has 19 heavy (non-hydrogen) atoms. The SMILES string of the molecule is COCC(CCCN)Nc1c(F)c(F)cc(F)c1F. The molecule has 0 saturated heterocycles. The Labute approximate surface area is 108 Å². The molecule has 108 valence electrons. The van der Waals surface area contributed by atoms with Gasteiger partial charge in [0.25, 0.3) is 0 Å². The van der Waals surface area contributed by atoms with Gasteiger partial charge >= 0.3 is 0 Å². The zero-order valence-electron chi connectivity index (χ0n) is 10.5. The van der Waals surface area contributed by atoms with Gasteiger partial charge < -0.3 is 15.8 Å². The fourth-order valence-electron chi connectivity index (χ4n) is 1.67. The fourth-order valence-corrected chi connectivity index (χ4v) is 1.67. The molecule has 0 aromatic heterocycles. The van der Waals surface area contributed by atoms with Crippen LogP contribution in [0.3, 0.4) is 0 Å². The quantitative estimate of drug-likeness (QED) is 0.595. The van der Waals surface area contributed by atoms with Crippen molar-refractivity contribution in [3.8, 4) is 0 Å². The number of methoxy groups -OCH3 is 1. The Balaban J connectivity index is 2.94. The molecule has 0 spiro atoms. The molecule has 3 nitrogen and oxygen atoms in total. The number of hydrogen-bond acceptors (Lipinski definition) is 3. The smallest absolute Gasteiger partial charge is 0.185 e. The lowest BCUT2D eigenvalue weighted by molar-refractivity contribution is 0.182. The Morgan fingerprint density at radius 1 is 1.21 bits per heavy atom. The number of ether oxygens (including phenoxy) is 1. The van der Waals surface area contributed by atoms with Gasteiger partial charge in [-0.3, -0.25) is 0 Å². The standard InChI is InChI=1S/C12H16F4N2O/c1-19-6-7(3-2-4-17)18-12-10(15)8(13)5-9(14)11(12)16/h5,7,18H,2-4,6,17H2,1H3. The molecule has 1 atom stereocenters. The van der Waals surface area contributed by atoms with Crippen molar-refractivity contribution in [1.29, 1.82) is 0 Å². The molecular weight excluding hydrogens is 264 g/mol. The molecular formula is C12H16F4N2O. The summed E-state index contributed by atoms with van der Waals surface area (Å²) in [6.45, 7) is 0.529. The van der Waals surface area contributed by atoms with Gasteiger partial charge in [-0.25, -0.2) is 17.6 Å². The van der Waals surface area contributed by atoms with Gasteiger partial charge in [0.05, 0.1) is 6.61 Å². The Kier molecular flexibility index (Phi) is 6.04. The molecule has 0 aliphatic heterocycles. The molecule has 1 rings (SSSR count). The van der Waals surface area contributed by atoms with Crippen LogP contribution in [0, 0.1) is 23.3 Å². The first-order valence-corrected chi connectivity index (χ1v) is 5.79.